The lowest BCUT2D eigenvalue weighted by molar-refractivity contribution is -0.143. The van der Waals surface area contributed by atoms with Crippen molar-refractivity contribution in [2.24, 2.45) is 17.3 Å². The van der Waals surface area contributed by atoms with Crippen molar-refractivity contribution in [1.82, 2.24) is 30.5 Å². The van der Waals surface area contributed by atoms with E-state index in [1.165, 1.54) is 26.6 Å². The molecule has 1 aliphatic carbocycles. The summed E-state index contributed by atoms with van der Waals surface area (Å²) in [7, 11) is -3.68. The second-order valence-electron chi connectivity index (χ2n) is 16.0. The Hall–Kier alpha value is -3.30. The van der Waals surface area contributed by atoms with Gasteiger partial charge in [0.2, 0.25) is 27.6 Å². The van der Waals surface area contributed by atoms with Gasteiger partial charge in [-0.05, 0) is 54.4 Å². The Morgan fingerprint density at radius 1 is 1.10 bits per heavy atom. The van der Waals surface area contributed by atoms with Crippen LogP contribution in [0.5, 0.6) is 0 Å². The molecule has 3 heterocycles. The van der Waals surface area contributed by atoms with Gasteiger partial charge in [0.1, 0.15) is 12.1 Å². The summed E-state index contributed by atoms with van der Waals surface area (Å²) in [4.78, 5) is 70.7. The molecule has 4 N–H and O–H groups in total. The molecule has 13 nitrogen and oxygen atoms in total. The topological polar surface area (TPSA) is 174 Å². The lowest BCUT2D eigenvalue weighted by Crippen LogP contribution is -2.63. The Kier molecular flexibility index (Phi) is 13.7. The monoisotopic (exact) mass is 762 g/mol. The fourth-order valence-electron chi connectivity index (χ4n) is 7.51. The summed E-state index contributed by atoms with van der Waals surface area (Å²) in [5, 5.41) is 13.1. The summed E-state index contributed by atoms with van der Waals surface area (Å²) in [5.74, 6) is -2.35. The second-order valence-corrected chi connectivity index (χ2v) is 18.9. The molecule has 0 aromatic carbocycles. The van der Waals surface area contributed by atoms with E-state index in [1.54, 1.807) is 11.4 Å². The largest absolute Gasteiger partial charge is 0.346 e. The fourth-order valence-corrected chi connectivity index (χ4v) is 10.5. The van der Waals surface area contributed by atoms with Crippen LogP contribution < -0.4 is 21.3 Å². The number of unbranched alkanes of at least 4 members (excludes halogenated alkanes) is 1. The van der Waals surface area contributed by atoms with Crippen LogP contribution in [-0.4, -0.2) is 90.5 Å². The molecule has 1 saturated heterocycles. The lowest BCUT2D eigenvalue weighted by atomic mass is 9.81. The summed E-state index contributed by atoms with van der Waals surface area (Å²) in [6, 6.07) is -1.93. The van der Waals surface area contributed by atoms with E-state index in [9.17, 15) is 32.4 Å². The standard InChI is InChI=1S/C37H58N6O7S2/c1-8-10-14-26(30(44)33(46)38-18-9-2)39-32(45)27-20-25(24(3)4)21-43(27)34(47)31(36(5,6)7)40-35(48)41-37(16-12-11-13-17-37)23-42-22-28-29(15-19-51-28)52(42,49)50/h9,15,19,24-27,31H,2,8,10-14,16-18,20-23H2,1,3-7H3,(H,38,46)(H,39,45)(H2,40,41,48)/t25-,26?,27+,31-/m1/s1. The van der Waals surface area contributed by atoms with E-state index in [4.69, 9.17) is 0 Å². The van der Waals surface area contributed by atoms with E-state index in [-0.39, 0.29) is 37.9 Å². The predicted molar refractivity (Wildman–Crippen MR) is 201 cm³/mol. The van der Waals surface area contributed by atoms with Crippen molar-refractivity contribution in [3.05, 3.63) is 29.0 Å². The Balaban J connectivity index is 1.54. The van der Waals surface area contributed by atoms with Crippen LogP contribution in [0.3, 0.4) is 0 Å². The van der Waals surface area contributed by atoms with Gasteiger partial charge in [0.15, 0.2) is 0 Å². The van der Waals surface area contributed by atoms with Crippen LogP contribution in [0.25, 0.3) is 0 Å². The first kappa shape index (κ1) is 41.5. The molecular weight excluding hydrogens is 705 g/mol. The number of hydrogen-bond acceptors (Lipinski definition) is 8. The van der Waals surface area contributed by atoms with Crippen LogP contribution in [0.15, 0.2) is 29.0 Å². The minimum atomic E-state index is -3.68. The van der Waals surface area contributed by atoms with Gasteiger partial charge < -0.3 is 26.2 Å². The van der Waals surface area contributed by atoms with Crippen LogP contribution in [0, 0.1) is 17.3 Å². The normalized spacial score (nSPS) is 22.2. The minimum absolute atomic E-state index is 0.00834. The van der Waals surface area contributed by atoms with Gasteiger partial charge in [-0.25, -0.2) is 13.2 Å². The Labute approximate surface area is 313 Å². The van der Waals surface area contributed by atoms with E-state index < -0.39 is 68.6 Å². The Bertz CT molecular complexity index is 1590. The molecule has 2 fully saturated rings. The molecule has 290 valence electrons. The predicted octanol–water partition coefficient (Wildman–Crippen LogP) is 4.09. The maximum Gasteiger partial charge on any atom is 0.315 e. The molecule has 0 radical (unpaired) electrons. The van der Waals surface area contributed by atoms with Gasteiger partial charge in [0.05, 0.1) is 16.5 Å². The summed E-state index contributed by atoms with van der Waals surface area (Å²) in [6.07, 6.45) is 7.31. The number of sulfonamides is 1. The number of ketones is 1. The van der Waals surface area contributed by atoms with Gasteiger partial charge in [-0.3, -0.25) is 19.2 Å². The number of carbonyl (C=O) groups excluding carboxylic acids is 5. The van der Waals surface area contributed by atoms with Gasteiger partial charge in [0, 0.05) is 31.1 Å². The van der Waals surface area contributed by atoms with Crippen molar-refractivity contribution in [1.29, 1.82) is 0 Å². The molecule has 3 aliphatic rings. The third-order valence-corrected chi connectivity index (χ3v) is 13.6. The van der Waals surface area contributed by atoms with E-state index in [0.717, 1.165) is 30.6 Å². The smallest absolute Gasteiger partial charge is 0.315 e. The highest BCUT2D eigenvalue weighted by atomic mass is 32.2. The number of fused-ring (bicyclic) bond motifs is 1. The van der Waals surface area contributed by atoms with Gasteiger partial charge in [-0.2, -0.15) is 4.31 Å². The number of amides is 5. The van der Waals surface area contributed by atoms with Crippen LogP contribution in [0.2, 0.25) is 0 Å². The van der Waals surface area contributed by atoms with Gasteiger partial charge >= 0.3 is 6.03 Å². The number of nitrogens with one attached hydrogen (secondary N) is 4. The van der Waals surface area contributed by atoms with Crippen molar-refractivity contribution >= 4 is 50.9 Å². The average molecular weight is 763 g/mol. The second kappa shape index (κ2) is 17.2. The van der Waals surface area contributed by atoms with E-state index >= 15 is 0 Å². The van der Waals surface area contributed by atoms with Crippen LogP contribution in [0.1, 0.15) is 104 Å². The summed E-state index contributed by atoms with van der Waals surface area (Å²) < 4.78 is 28.2. The molecule has 15 heteroatoms. The number of Topliss-reactive ketones (excluding diaryl/α,β-unsaturated/α-hetero) is 1. The van der Waals surface area contributed by atoms with Crippen molar-refractivity contribution in [2.45, 2.75) is 134 Å². The average Bonchev–Trinajstić information content (AvgIpc) is 3.80. The minimum Gasteiger partial charge on any atom is -0.346 e. The zero-order chi connectivity index (χ0) is 38.4. The number of rotatable bonds is 15. The zero-order valence-electron chi connectivity index (χ0n) is 31.6. The Morgan fingerprint density at radius 3 is 2.38 bits per heavy atom. The molecule has 0 spiro atoms. The Morgan fingerprint density at radius 2 is 1.79 bits per heavy atom. The third kappa shape index (κ3) is 9.62. The SMILES string of the molecule is C=CCNC(=O)C(=O)C(CCCC)NC(=O)[C@@H]1C[C@@H](C(C)C)CN1C(=O)[C@@H](NC(=O)NC1(CN2Cc3sccc3S2(=O)=O)CCCCC1)C(C)(C)C. The lowest BCUT2D eigenvalue weighted by Gasteiger charge is -2.41. The summed E-state index contributed by atoms with van der Waals surface area (Å²) >= 11 is 1.41. The van der Waals surface area contributed by atoms with E-state index in [2.05, 4.69) is 27.8 Å². The maximum atomic E-state index is 14.5. The summed E-state index contributed by atoms with van der Waals surface area (Å²) in [5.41, 5.74) is -1.58. The maximum absolute atomic E-state index is 14.5. The first-order chi connectivity index (χ1) is 24.4. The highest BCUT2D eigenvalue weighted by Crippen LogP contribution is 2.38. The number of nitrogens with zero attached hydrogens (tertiary/aromatic N) is 2. The number of thiophene rings is 1. The first-order valence-corrected chi connectivity index (χ1v) is 20.9. The molecule has 0 bridgehead atoms. The number of urea groups is 1. The van der Waals surface area contributed by atoms with Gasteiger partial charge in [0.25, 0.3) is 5.91 Å². The molecule has 52 heavy (non-hydrogen) atoms. The van der Waals surface area contributed by atoms with Crippen LogP contribution >= 0.6 is 11.3 Å². The number of hydrogen-bond donors (Lipinski definition) is 4. The van der Waals surface area contributed by atoms with Gasteiger partial charge in [-0.1, -0.05) is 79.7 Å². The van der Waals surface area contributed by atoms with E-state index in [0.29, 0.717) is 37.1 Å². The molecule has 1 unspecified atom stereocenters. The number of likely N-dealkylation sites (tertiary alicyclic amines) is 1. The molecule has 4 atom stereocenters. The molecule has 1 saturated carbocycles. The van der Waals surface area contributed by atoms with Crippen molar-refractivity contribution in [3.63, 3.8) is 0 Å². The number of carbonyl (C=O) groups is 5. The van der Waals surface area contributed by atoms with Crippen molar-refractivity contribution in [2.75, 3.05) is 19.6 Å². The van der Waals surface area contributed by atoms with Crippen molar-refractivity contribution < 1.29 is 32.4 Å². The highest BCUT2D eigenvalue weighted by Gasteiger charge is 2.48. The quantitative estimate of drug-likeness (QED) is 0.154. The van der Waals surface area contributed by atoms with Crippen LogP contribution in [-0.2, 0) is 35.7 Å². The molecule has 2 aliphatic heterocycles. The van der Waals surface area contributed by atoms with Gasteiger partial charge in [-0.15, -0.1) is 17.9 Å². The molecule has 1 aromatic heterocycles. The molecule has 4 rings (SSSR count). The molecule has 1 aromatic rings. The molecular formula is C37H58N6O7S2. The zero-order valence-corrected chi connectivity index (χ0v) is 33.2. The van der Waals surface area contributed by atoms with Crippen LogP contribution in [0.4, 0.5) is 4.79 Å². The summed E-state index contributed by atoms with van der Waals surface area (Å²) in [6.45, 7) is 15.9. The first-order valence-electron chi connectivity index (χ1n) is 18.6. The van der Waals surface area contributed by atoms with E-state index in [1.807, 2.05) is 41.5 Å². The fraction of sp³-hybridized carbons (Fsp3) is 0.703. The molecule has 5 amide bonds. The highest BCUT2D eigenvalue weighted by molar-refractivity contribution is 7.89. The van der Waals surface area contributed by atoms with Crippen molar-refractivity contribution in [3.8, 4) is 0 Å². The third-order valence-electron chi connectivity index (χ3n) is 10.7.